The fourth-order valence-corrected chi connectivity index (χ4v) is 3.96. The predicted molar refractivity (Wildman–Crippen MR) is 125 cm³/mol. The molecule has 6 heteroatoms. The summed E-state index contributed by atoms with van der Waals surface area (Å²) < 4.78 is 5.50. The van der Waals surface area contributed by atoms with Crippen molar-refractivity contribution >= 4 is 22.5 Å². The molecular weight excluding hydrogens is 388 g/mol. The quantitative estimate of drug-likeness (QED) is 0.622. The summed E-state index contributed by atoms with van der Waals surface area (Å²) in [6, 6.07) is 17.7. The summed E-state index contributed by atoms with van der Waals surface area (Å²) in [6.45, 7) is 6.36. The molecule has 1 N–H and O–H groups in total. The average Bonchev–Trinajstić information content (AvgIpc) is 2.82. The number of piperidine rings is 1. The topological polar surface area (TPSA) is 66.8 Å². The summed E-state index contributed by atoms with van der Waals surface area (Å²) in [4.78, 5) is 20.3. The van der Waals surface area contributed by atoms with E-state index in [1.54, 1.807) is 7.11 Å². The number of amides is 1. The van der Waals surface area contributed by atoms with E-state index in [2.05, 4.69) is 29.3 Å². The average molecular weight is 417 g/mol. The van der Waals surface area contributed by atoms with Crippen molar-refractivity contribution in [2.45, 2.75) is 32.7 Å². The highest BCUT2D eigenvalue weighted by Gasteiger charge is 2.19. The lowest BCUT2D eigenvalue weighted by atomic mass is 10.0. The third-order valence-electron chi connectivity index (χ3n) is 5.76. The number of nitrogens with one attached hydrogen (secondary N) is 1. The molecule has 1 fully saturated rings. The molecule has 1 aromatic heterocycles. The summed E-state index contributed by atoms with van der Waals surface area (Å²) in [7, 11) is 1.63. The first kappa shape index (κ1) is 21.0. The summed E-state index contributed by atoms with van der Waals surface area (Å²) in [5, 5.41) is 5.24. The second kappa shape index (κ2) is 9.27. The number of para-hydroxylation sites is 2. The van der Waals surface area contributed by atoms with E-state index in [0.717, 1.165) is 48.1 Å². The highest BCUT2D eigenvalue weighted by molar-refractivity contribution is 6.07. The zero-order valence-electron chi connectivity index (χ0n) is 18.3. The van der Waals surface area contributed by atoms with E-state index >= 15 is 0 Å². The normalized spacial score (nSPS) is 14.6. The predicted octanol–water partition coefficient (Wildman–Crippen LogP) is 4.50. The zero-order valence-corrected chi connectivity index (χ0v) is 18.3. The van der Waals surface area contributed by atoms with E-state index in [1.165, 1.54) is 0 Å². The Morgan fingerprint density at radius 2 is 1.81 bits per heavy atom. The molecule has 4 rings (SSSR count). The number of rotatable bonds is 5. The van der Waals surface area contributed by atoms with Crippen LogP contribution in [-0.2, 0) is 0 Å². The van der Waals surface area contributed by atoms with Gasteiger partial charge in [-0.05, 0) is 38.1 Å². The largest absolute Gasteiger partial charge is 0.496 e. The molecule has 0 unspecified atom stereocenters. The molecule has 0 aliphatic carbocycles. The van der Waals surface area contributed by atoms with Gasteiger partial charge in [-0.3, -0.25) is 4.79 Å². The maximum absolute atomic E-state index is 13.1. The van der Waals surface area contributed by atoms with Crippen molar-refractivity contribution in [3.05, 3.63) is 60.2 Å². The van der Waals surface area contributed by atoms with Gasteiger partial charge in [0.1, 0.15) is 5.75 Å². The lowest BCUT2D eigenvalue weighted by Gasteiger charge is -2.30. The number of hydrazone groups is 1. The minimum atomic E-state index is -0.228. The first-order valence-corrected chi connectivity index (χ1v) is 10.7. The Labute approximate surface area is 182 Å². The van der Waals surface area contributed by atoms with Crippen LogP contribution in [0.3, 0.4) is 0 Å². The van der Waals surface area contributed by atoms with Crippen molar-refractivity contribution < 1.29 is 9.53 Å². The van der Waals surface area contributed by atoms with E-state index in [9.17, 15) is 4.79 Å². The third-order valence-corrected chi connectivity index (χ3v) is 5.76. The standard InChI is InChI=1S/C25H28N4O2/c1-17(2)29-14-12-18(13-15-29)27-28-25(30)21-16-23(20-9-5-7-11-24(20)31-3)26-22-10-6-4-8-19(21)22/h4-11,16-17H,12-15H2,1-3H3,(H,28,30). The van der Waals surface area contributed by atoms with E-state index < -0.39 is 0 Å². The zero-order chi connectivity index (χ0) is 21.8. The molecule has 31 heavy (non-hydrogen) atoms. The fraction of sp³-hybridized carbons (Fsp3) is 0.320. The number of fused-ring (bicyclic) bond motifs is 1. The van der Waals surface area contributed by atoms with Crippen LogP contribution in [0, 0.1) is 0 Å². The number of nitrogens with zero attached hydrogens (tertiary/aromatic N) is 3. The molecule has 3 aromatic rings. The van der Waals surface area contributed by atoms with Crippen LogP contribution in [0.2, 0.25) is 0 Å². The first-order chi connectivity index (χ1) is 15.1. The number of ether oxygens (including phenoxy) is 1. The van der Waals surface area contributed by atoms with Gasteiger partial charge >= 0.3 is 0 Å². The fourth-order valence-electron chi connectivity index (χ4n) is 3.96. The van der Waals surface area contributed by atoms with Crippen LogP contribution in [0.4, 0.5) is 0 Å². The highest BCUT2D eigenvalue weighted by Crippen LogP contribution is 2.31. The Morgan fingerprint density at radius 1 is 1.10 bits per heavy atom. The van der Waals surface area contributed by atoms with Crippen LogP contribution >= 0.6 is 0 Å². The van der Waals surface area contributed by atoms with Gasteiger partial charge in [0.25, 0.3) is 5.91 Å². The van der Waals surface area contributed by atoms with Crippen LogP contribution < -0.4 is 10.2 Å². The molecule has 1 aliphatic rings. The van der Waals surface area contributed by atoms with Crippen molar-refractivity contribution in [3.8, 4) is 17.0 Å². The van der Waals surface area contributed by atoms with E-state index in [-0.39, 0.29) is 5.91 Å². The van der Waals surface area contributed by atoms with Crippen molar-refractivity contribution in [2.75, 3.05) is 20.2 Å². The third kappa shape index (κ3) is 4.59. The van der Waals surface area contributed by atoms with Gasteiger partial charge in [0.2, 0.25) is 0 Å². The van der Waals surface area contributed by atoms with Gasteiger partial charge in [-0.2, -0.15) is 5.10 Å². The van der Waals surface area contributed by atoms with Gasteiger partial charge in [-0.15, -0.1) is 0 Å². The molecule has 2 aromatic carbocycles. The number of carbonyl (C=O) groups is 1. The number of benzene rings is 2. The van der Waals surface area contributed by atoms with Crippen LogP contribution in [0.1, 0.15) is 37.0 Å². The summed E-state index contributed by atoms with van der Waals surface area (Å²) in [5.41, 5.74) is 6.67. The van der Waals surface area contributed by atoms with Crippen molar-refractivity contribution in [3.63, 3.8) is 0 Å². The van der Waals surface area contributed by atoms with Gasteiger partial charge in [0, 0.05) is 48.6 Å². The second-order valence-electron chi connectivity index (χ2n) is 8.02. The summed E-state index contributed by atoms with van der Waals surface area (Å²) >= 11 is 0. The number of pyridine rings is 1. The maximum Gasteiger partial charge on any atom is 0.272 e. The van der Waals surface area contributed by atoms with E-state index in [4.69, 9.17) is 9.72 Å². The van der Waals surface area contributed by atoms with Crippen LogP contribution in [0.25, 0.3) is 22.2 Å². The highest BCUT2D eigenvalue weighted by atomic mass is 16.5. The monoisotopic (exact) mass is 416 g/mol. The number of carbonyl (C=O) groups excluding carboxylic acids is 1. The molecule has 160 valence electrons. The van der Waals surface area contributed by atoms with Gasteiger partial charge in [-0.25, -0.2) is 10.4 Å². The number of hydrogen-bond donors (Lipinski definition) is 1. The molecular formula is C25H28N4O2. The molecule has 0 spiro atoms. The smallest absolute Gasteiger partial charge is 0.272 e. The van der Waals surface area contributed by atoms with Crippen LogP contribution in [-0.4, -0.2) is 47.7 Å². The Kier molecular flexibility index (Phi) is 6.28. The molecule has 0 radical (unpaired) electrons. The van der Waals surface area contributed by atoms with Crippen molar-refractivity contribution in [1.29, 1.82) is 0 Å². The SMILES string of the molecule is COc1ccccc1-c1cc(C(=O)NN=C2CCN(C(C)C)CC2)c2ccccc2n1. The molecule has 6 nitrogen and oxygen atoms in total. The lowest BCUT2D eigenvalue weighted by molar-refractivity contribution is 0.0956. The summed E-state index contributed by atoms with van der Waals surface area (Å²) in [6.07, 6.45) is 1.75. The molecule has 0 bridgehead atoms. The Balaban J connectivity index is 1.64. The first-order valence-electron chi connectivity index (χ1n) is 10.7. The maximum atomic E-state index is 13.1. The number of hydrogen-bond acceptors (Lipinski definition) is 5. The molecule has 1 aliphatic heterocycles. The number of aromatic nitrogens is 1. The second-order valence-corrected chi connectivity index (χ2v) is 8.02. The van der Waals surface area contributed by atoms with E-state index in [1.807, 2.05) is 54.6 Å². The van der Waals surface area contributed by atoms with Gasteiger partial charge in [0.05, 0.1) is 23.9 Å². The summed E-state index contributed by atoms with van der Waals surface area (Å²) in [5.74, 6) is 0.488. The van der Waals surface area contributed by atoms with Crippen LogP contribution in [0.15, 0.2) is 59.7 Å². The van der Waals surface area contributed by atoms with Crippen molar-refractivity contribution in [1.82, 2.24) is 15.3 Å². The molecule has 0 saturated carbocycles. The molecule has 1 saturated heterocycles. The van der Waals surface area contributed by atoms with Gasteiger partial charge in [-0.1, -0.05) is 30.3 Å². The van der Waals surface area contributed by atoms with Crippen LogP contribution in [0.5, 0.6) is 5.75 Å². The van der Waals surface area contributed by atoms with Crippen molar-refractivity contribution in [2.24, 2.45) is 5.10 Å². The Bertz CT molecular complexity index is 1110. The number of methoxy groups -OCH3 is 1. The van der Waals surface area contributed by atoms with Gasteiger partial charge in [0.15, 0.2) is 0 Å². The number of likely N-dealkylation sites (tertiary alicyclic amines) is 1. The Hall–Kier alpha value is -3.25. The van der Waals surface area contributed by atoms with Gasteiger partial charge < -0.3 is 9.64 Å². The Morgan fingerprint density at radius 3 is 2.55 bits per heavy atom. The minimum Gasteiger partial charge on any atom is -0.496 e. The van der Waals surface area contributed by atoms with E-state index in [0.29, 0.717) is 23.0 Å². The minimum absolute atomic E-state index is 0.228. The lowest BCUT2D eigenvalue weighted by Crippen LogP contribution is -2.39. The molecule has 0 atom stereocenters. The molecule has 2 heterocycles. The molecule has 1 amide bonds.